The van der Waals surface area contributed by atoms with Gasteiger partial charge in [0.15, 0.2) is 0 Å². The van der Waals surface area contributed by atoms with Crippen molar-refractivity contribution in [2.24, 2.45) is 0 Å². The second-order valence-corrected chi connectivity index (χ2v) is 5.13. The molecular formula is C13H11NO5S. The molecule has 0 amide bonds. The monoisotopic (exact) mass is 293 g/mol. The van der Waals surface area contributed by atoms with Crippen molar-refractivity contribution in [1.82, 2.24) is 0 Å². The lowest BCUT2D eigenvalue weighted by Gasteiger charge is -2.05. The fraction of sp³-hybridized carbons (Fsp3) is 0.0769. The zero-order chi connectivity index (χ0) is 14.7. The number of phenolic OH excluding ortho intramolecular Hbond substituents is 1. The molecule has 7 heteroatoms. The number of thiol groups is 1. The standard InChI is InChI=1S/C13H11NO5S/c15-11-4-2-10(3-5-11)12-6-1-9(8-20(18)19)7-13(12)14(16)17/h1-7,15,20H,8H2. The third-order valence-corrected chi connectivity index (χ3v) is 3.37. The topological polar surface area (TPSA) is 97.5 Å². The SMILES string of the molecule is O=[N+]([O-])c1cc(C[SH](=O)=O)ccc1-c1ccc(O)cc1. The van der Waals surface area contributed by atoms with Gasteiger partial charge in [-0.15, -0.1) is 0 Å². The summed E-state index contributed by atoms with van der Waals surface area (Å²) in [5.74, 6) is -0.164. The van der Waals surface area contributed by atoms with E-state index in [4.69, 9.17) is 0 Å². The Morgan fingerprint density at radius 2 is 1.75 bits per heavy atom. The summed E-state index contributed by atoms with van der Waals surface area (Å²) in [6.45, 7) is 0. The highest BCUT2D eigenvalue weighted by Crippen LogP contribution is 2.31. The highest BCUT2D eigenvalue weighted by molar-refractivity contribution is 7.71. The Balaban J connectivity index is 2.52. The summed E-state index contributed by atoms with van der Waals surface area (Å²) in [5, 5.41) is 20.3. The molecule has 104 valence electrons. The van der Waals surface area contributed by atoms with Crippen LogP contribution >= 0.6 is 0 Å². The van der Waals surface area contributed by atoms with Gasteiger partial charge in [0.25, 0.3) is 5.69 Å². The van der Waals surface area contributed by atoms with Crippen LogP contribution in [0.25, 0.3) is 11.1 Å². The number of hydrogen-bond acceptors (Lipinski definition) is 5. The molecule has 20 heavy (non-hydrogen) atoms. The molecule has 0 saturated carbocycles. The van der Waals surface area contributed by atoms with Crippen LogP contribution in [0.2, 0.25) is 0 Å². The minimum absolute atomic E-state index is 0.0661. The minimum atomic E-state index is -2.63. The molecule has 0 aliphatic carbocycles. The van der Waals surface area contributed by atoms with Crippen molar-refractivity contribution in [2.45, 2.75) is 5.75 Å². The number of rotatable bonds is 4. The van der Waals surface area contributed by atoms with Gasteiger partial charge < -0.3 is 5.11 Å². The molecule has 0 spiro atoms. The van der Waals surface area contributed by atoms with Crippen molar-refractivity contribution in [3.05, 3.63) is 58.1 Å². The Labute approximate surface area is 116 Å². The average Bonchev–Trinajstić information content (AvgIpc) is 2.39. The molecular weight excluding hydrogens is 282 g/mol. The first-order valence-corrected chi connectivity index (χ1v) is 7.02. The van der Waals surface area contributed by atoms with Gasteiger partial charge in [-0.3, -0.25) is 10.1 Å². The summed E-state index contributed by atoms with van der Waals surface area (Å²) in [5.41, 5.74) is 1.16. The Hall–Kier alpha value is -2.41. The van der Waals surface area contributed by atoms with Crippen LogP contribution in [0, 0.1) is 10.1 Å². The van der Waals surface area contributed by atoms with Gasteiger partial charge in [0, 0.05) is 6.07 Å². The van der Waals surface area contributed by atoms with E-state index < -0.39 is 15.6 Å². The quantitative estimate of drug-likeness (QED) is 0.511. The van der Waals surface area contributed by atoms with Gasteiger partial charge >= 0.3 is 0 Å². The molecule has 2 aromatic carbocycles. The van der Waals surface area contributed by atoms with E-state index in [-0.39, 0.29) is 17.2 Å². The first-order chi connectivity index (χ1) is 9.47. The summed E-state index contributed by atoms with van der Waals surface area (Å²) >= 11 is 0. The van der Waals surface area contributed by atoms with Gasteiger partial charge in [-0.25, -0.2) is 8.42 Å². The van der Waals surface area contributed by atoms with Gasteiger partial charge in [-0.2, -0.15) is 0 Å². The maximum absolute atomic E-state index is 11.1. The minimum Gasteiger partial charge on any atom is -0.508 e. The molecule has 0 heterocycles. The molecule has 0 fully saturated rings. The van der Waals surface area contributed by atoms with Crippen LogP contribution in [-0.4, -0.2) is 18.4 Å². The van der Waals surface area contributed by atoms with Crippen LogP contribution in [0.5, 0.6) is 5.75 Å². The van der Waals surface area contributed by atoms with Crippen molar-refractivity contribution < 1.29 is 18.4 Å². The van der Waals surface area contributed by atoms with E-state index in [0.717, 1.165) is 0 Å². The molecule has 0 aliphatic rings. The Kier molecular flexibility index (Phi) is 3.99. The Bertz CT molecular complexity index is 714. The fourth-order valence-electron chi connectivity index (χ4n) is 1.86. The summed E-state index contributed by atoms with van der Waals surface area (Å²) < 4.78 is 21.4. The van der Waals surface area contributed by atoms with Crippen molar-refractivity contribution in [3.8, 4) is 16.9 Å². The highest BCUT2D eigenvalue weighted by atomic mass is 32.2. The number of nitrogens with zero attached hydrogens (tertiary/aromatic N) is 1. The summed E-state index contributed by atoms with van der Waals surface area (Å²) in [6.07, 6.45) is 0. The number of benzene rings is 2. The van der Waals surface area contributed by atoms with E-state index in [2.05, 4.69) is 0 Å². The molecule has 0 atom stereocenters. The van der Waals surface area contributed by atoms with Crippen LogP contribution in [0.4, 0.5) is 5.69 Å². The largest absolute Gasteiger partial charge is 0.508 e. The van der Waals surface area contributed by atoms with Crippen molar-refractivity contribution in [2.75, 3.05) is 0 Å². The maximum atomic E-state index is 11.1. The Morgan fingerprint density at radius 3 is 2.30 bits per heavy atom. The molecule has 0 unspecified atom stereocenters. The van der Waals surface area contributed by atoms with E-state index in [0.29, 0.717) is 16.7 Å². The van der Waals surface area contributed by atoms with Gasteiger partial charge in [0.2, 0.25) is 0 Å². The lowest BCUT2D eigenvalue weighted by atomic mass is 10.0. The number of phenols is 1. The van der Waals surface area contributed by atoms with Crippen LogP contribution in [-0.2, 0) is 16.5 Å². The maximum Gasteiger partial charge on any atom is 0.277 e. The number of nitro benzene ring substituents is 1. The molecule has 2 aromatic rings. The van der Waals surface area contributed by atoms with Crippen molar-refractivity contribution >= 4 is 16.4 Å². The molecule has 0 aliphatic heterocycles. The van der Waals surface area contributed by atoms with Crippen LogP contribution in [0.1, 0.15) is 5.56 Å². The Morgan fingerprint density at radius 1 is 1.10 bits per heavy atom. The smallest absolute Gasteiger partial charge is 0.277 e. The van der Waals surface area contributed by atoms with E-state index >= 15 is 0 Å². The number of aromatic hydroxyl groups is 1. The third kappa shape index (κ3) is 3.12. The molecule has 2 rings (SSSR count). The van der Waals surface area contributed by atoms with Gasteiger partial charge in [-0.05, 0) is 29.3 Å². The van der Waals surface area contributed by atoms with E-state index in [1.807, 2.05) is 0 Å². The van der Waals surface area contributed by atoms with Crippen LogP contribution in [0.3, 0.4) is 0 Å². The summed E-state index contributed by atoms with van der Waals surface area (Å²) in [6, 6.07) is 10.3. The van der Waals surface area contributed by atoms with Crippen molar-refractivity contribution in [3.63, 3.8) is 0 Å². The van der Waals surface area contributed by atoms with Gasteiger partial charge in [-0.1, -0.05) is 18.2 Å². The van der Waals surface area contributed by atoms with Crippen molar-refractivity contribution in [1.29, 1.82) is 0 Å². The lowest BCUT2D eigenvalue weighted by Crippen LogP contribution is -1.95. The van der Waals surface area contributed by atoms with E-state index in [1.54, 1.807) is 18.2 Å². The van der Waals surface area contributed by atoms with E-state index in [1.165, 1.54) is 24.3 Å². The van der Waals surface area contributed by atoms with Gasteiger partial charge in [0.05, 0.1) is 16.2 Å². The number of nitro groups is 1. The average molecular weight is 293 g/mol. The normalized spacial score (nSPS) is 10.7. The lowest BCUT2D eigenvalue weighted by molar-refractivity contribution is -0.384. The zero-order valence-electron chi connectivity index (χ0n) is 10.2. The third-order valence-electron chi connectivity index (χ3n) is 2.75. The zero-order valence-corrected chi connectivity index (χ0v) is 11.1. The molecule has 1 N–H and O–H groups in total. The fourth-order valence-corrected chi connectivity index (χ4v) is 2.36. The molecule has 6 nitrogen and oxygen atoms in total. The second-order valence-electron chi connectivity index (χ2n) is 4.15. The summed E-state index contributed by atoms with van der Waals surface area (Å²) in [4.78, 5) is 10.6. The predicted molar refractivity (Wildman–Crippen MR) is 74.2 cm³/mol. The number of hydrogen-bond donors (Lipinski definition) is 2. The van der Waals surface area contributed by atoms with E-state index in [9.17, 15) is 23.6 Å². The highest BCUT2D eigenvalue weighted by Gasteiger charge is 2.16. The first-order valence-electron chi connectivity index (χ1n) is 5.66. The van der Waals surface area contributed by atoms with Crippen LogP contribution in [0.15, 0.2) is 42.5 Å². The van der Waals surface area contributed by atoms with Crippen LogP contribution < -0.4 is 0 Å². The molecule has 0 aromatic heterocycles. The first kappa shape index (κ1) is 14.0. The van der Waals surface area contributed by atoms with Gasteiger partial charge in [0.1, 0.15) is 16.5 Å². The predicted octanol–water partition coefficient (Wildman–Crippen LogP) is 2.08. The molecule has 0 saturated heterocycles. The summed E-state index contributed by atoms with van der Waals surface area (Å²) in [7, 11) is -2.63. The second kappa shape index (κ2) is 5.70. The molecule has 0 radical (unpaired) electrons. The molecule has 0 bridgehead atoms.